The Morgan fingerprint density at radius 1 is 1.00 bits per heavy atom. The maximum Gasteiger partial charge on any atom is 0.303 e. The van der Waals surface area contributed by atoms with E-state index in [1.807, 2.05) is 30.3 Å². The third-order valence-electron chi connectivity index (χ3n) is 7.73. The third kappa shape index (κ3) is 3.02. The van der Waals surface area contributed by atoms with Crippen LogP contribution in [-0.2, 0) is 9.53 Å². The van der Waals surface area contributed by atoms with E-state index in [1.165, 1.54) is 50.2 Å². The molecular weight excluding hydrogens is 352 g/mol. The predicted molar refractivity (Wildman–Crippen MR) is 105 cm³/mol. The van der Waals surface area contributed by atoms with Gasteiger partial charge in [-0.25, -0.2) is 0 Å². The summed E-state index contributed by atoms with van der Waals surface area (Å²) in [5, 5.41) is 21.6. The van der Waals surface area contributed by atoms with Gasteiger partial charge in [0.05, 0.1) is 18.1 Å². The Morgan fingerprint density at radius 2 is 1.61 bits per heavy atom. The molecule has 0 radical (unpaired) electrons. The maximum absolute atomic E-state index is 11.9. The first kappa shape index (κ1) is 18.4. The Balaban J connectivity index is 1.58. The van der Waals surface area contributed by atoms with Crippen LogP contribution in [-0.4, -0.2) is 28.4 Å². The first-order chi connectivity index (χ1) is 13.5. The molecular formula is C24H30O4. The monoisotopic (exact) mass is 382 g/mol. The molecule has 1 aromatic rings. The van der Waals surface area contributed by atoms with Crippen LogP contribution < -0.4 is 0 Å². The van der Waals surface area contributed by atoms with Crippen molar-refractivity contribution in [2.45, 2.75) is 63.8 Å². The number of hydrogen-bond acceptors (Lipinski definition) is 4. The molecule has 0 saturated heterocycles. The smallest absolute Gasteiger partial charge is 0.303 e. The zero-order chi connectivity index (χ0) is 19.4. The first-order valence-corrected chi connectivity index (χ1v) is 10.8. The molecule has 4 atom stereocenters. The number of allylic oxidation sites excluding steroid dienone is 1. The van der Waals surface area contributed by atoms with Crippen LogP contribution in [0, 0.1) is 29.6 Å². The summed E-state index contributed by atoms with van der Waals surface area (Å²) in [5.74, 6) is 2.21. The van der Waals surface area contributed by atoms with Crippen molar-refractivity contribution in [1.29, 1.82) is 0 Å². The van der Waals surface area contributed by atoms with Gasteiger partial charge in [-0.05, 0) is 67.8 Å². The molecule has 5 fully saturated rings. The average Bonchev–Trinajstić information content (AvgIpc) is 2.94. The molecule has 0 unspecified atom stereocenters. The summed E-state index contributed by atoms with van der Waals surface area (Å²) in [6.45, 7) is 1.42. The number of aliphatic hydroxyl groups excluding tert-OH is 2. The standard InChI is InChI=1S/C24H30O4/c1-13(25)28-24(16-5-3-2-4-6-16)22-19(12-20(26)23(22)27)21-17-8-14-7-15(10-17)11-18(21)9-14/h2-6,14-15,17-18,20,22-24,26-27H,7-12H2,1H3/t14?,15?,17?,18?,20-,22-,23-,24-/m1/s1. The summed E-state index contributed by atoms with van der Waals surface area (Å²) >= 11 is 0. The lowest BCUT2D eigenvalue weighted by atomic mass is 9.53. The largest absolute Gasteiger partial charge is 0.457 e. The lowest BCUT2D eigenvalue weighted by Crippen LogP contribution is -2.41. The molecule has 0 heterocycles. The van der Waals surface area contributed by atoms with Gasteiger partial charge in [0.1, 0.15) is 6.10 Å². The summed E-state index contributed by atoms with van der Waals surface area (Å²) in [5.41, 5.74) is 3.57. The lowest BCUT2D eigenvalue weighted by molar-refractivity contribution is -0.151. The molecule has 4 nitrogen and oxygen atoms in total. The SMILES string of the molecule is CC(=O)O[C@H](c1ccccc1)[C@@H]1C(=C2C3CC4CC(C3)CC2C4)C[C@@H](O)[C@H]1O. The van der Waals surface area contributed by atoms with E-state index < -0.39 is 18.3 Å². The molecule has 4 heteroatoms. The van der Waals surface area contributed by atoms with Crippen molar-refractivity contribution in [3.8, 4) is 0 Å². The molecule has 0 spiro atoms. The van der Waals surface area contributed by atoms with Crippen LogP contribution in [0.25, 0.3) is 0 Å². The lowest BCUT2D eigenvalue weighted by Gasteiger charge is -2.52. The van der Waals surface area contributed by atoms with Crippen molar-refractivity contribution in [2.75, 3.05) is 0 Å². The Labute approximate surface area is 166 Å². The zero-order valence-corrected chi connectivity index (χ0v) is 16.5. The fourth-order valence-electron chi connectivity index (χ4n) is 6.99. The number of rotatable bonds is 3. The van der Waals surface area contributed by atoms with Gasteiger partial charge in [0.25, 0.3) is 0 Å². The molecule has 0 amide bonds. The molecule has 2 N–H and O–H groups in total. The van der Waals surface area contributed by atoms with E-state index in [-0.39, 0.29) is 11.9 Å². The van der Waals surface area contributed by atoms with Gasteiger partial charge in [0, 0.05) is 6.92 Å². The summed E-state index contributed by atoms with van der Waals surface area (Å²) < 4.78 is 5.77. The van der Waals surface area contributed by atoms with Crippen LogP contribution in [0.1, 0.15) is 57.1 Å². The van der Waals surface area contributed by atoms with Crippen LogP contribution in [0.4, 0.5) is 0 Å². The fourth-order valence-corrected chi connectivity index (χ4v) is 6.99. The second-order valence-electron chi connectivity index (χ2n) is 9.51. The molecule has 0 aromatic heterocycles. The Bertz CT molecular complexity index is 753. The number of hydrogen-bond donors (Lipinski definition) is 2. The van der Waals surface area contributed by atoms with Gasteiger partial charge in [0.15, 0.2) is 0 Å². The summed E-state index contributed by atoms with van der Waals surface area (Å²) in [7, 11) is 0. The normalized spacial score (nSPS) is 40.0. The van der Waals surface area contributed by atoms with Gasteiger partial charge in [0.2, 0.25) is 0 Å². The van der Waals surface area contributed by atoms with Gasteiger partial charge >= 0.3 is 5.97 Å². The highest BCUT2D eigenvalue weighted by Crippen LogP contribution is 2.59. The van der Waals surface area contributed by atoms with Gasteiger partial charge in [-0.2, -0.15) is 0 Å². The molecule has 28 heavy (non-hydrogen) atoms. The maximum atomic E-state index is 11.9. The highest BCUT2D eigenvalue weighted by Gasteiger charge is 2.51. The van der Waals surface area contributed by atoms with Crippen LogP contribution in [0.15, 0.2) is 41.5 Å². The number of esters is 1. The summed E-state index contributed by atoms with van der Waals surface area (Å²) in [6, 6.07) is 9.69. The fraction of sp³-hybridized carbons (Fsp3) is 0.625. The topological polar surface area (TPSA) is 66.8 Å². The predicted octanol–water partition coefficient (Wildman–Crippen LogP) is 3.79. The number of ether oxygens (including phenoxy) is 1. The van der Waals surface area contributed by atoms with Crippen molar-refractivity contribution in [1.82, 2.24) is 0 Å². The van der Waals surface area contributed by atoms with Crippen molar-refractivity contribution in [3.05, 3.63) is 47.0 Å². The van der Waals surface area contributed by atoms with E-state index in [0.717, 1.165) is 17.4 Å². The second kappa shape index (κ2) is 7.00. The Hall–Kier alpha value is -1.65. The minimum absolute atomic E-state index is 0.350. The van der Waals surface area contributed by atoms with Crippen LogP contribution >= 0.6 is 0 Å². The molecule has 5 aliphatic carbocycles. The van der Waals surface area contributed by atoms with Crippen LogP contribution in [0.2, 0.25) is 0 Å². The minimum Gasteiger partial charge on any atom is -0.457 e. The zero-order valence-electron chi connectivity index (χ0n) is 16.5. The number of carbonyl (C=O) groups excluding carboxylic acids is 1. The quantitative estimate of drug-likeness (QED) is 0.617. The van der Waals surface area contributed by atoms with Crippen LogP contribution in [0.5, 0.6) is 0 Å². The van der Waals surface area contributed by atoms with E-state index in [0.29, 0.717) is 18.3 Å². The number of benzene rings is 1. The molecule has 4 bridgehead atoms. The van der Waals surface area contributed by atoms with Gasteiger partial charge < -0.3 is 14.9 Å². The minimum atomic E-state index is -0.899. The Morgan fingerprint density at radius 3 is 2.18 bits per heavy atom. The van der Waals surface area contributed by atoms with Gasteiger partial charge in [-0.15, -0.1) is 0 Å². The summed E-state index contributed by atoms with van der Waals surface area (Å²) in [4.78, 5) is 11.9. The molecule has 5 aliphatic rings. The van der Waals surface area contributed by atoms with Gasteiger partial charge in [-0.3, -0.25) is 4.79 Å². The van der Waals surface area contributed by atoms with Crippen molar-refractivity contribution >= 4 is 5.97 Å². The molecule has 5 saturated carbocycles. The van der Waals surface area contributed by atoms with E-state index in [2.05, 4.69) is 0 Å². The number of carbonyl (C=O) groups is 1. The Kier molecular flexibility index (Phi) is 4.59. The van der Waals surface area contributed by atoms with E-state index >= 15 is 0 Å². The van der Waals surface area contributed by atoms with E-state index in [4.69, 9.17) is 4.74 Å². The average molecular weight is 383 g/mol. The third-order valence-corrected chi connectivity index (χ3v) is 7.73. The molecule has 1 aromatic carbocycles. The van der Waals surface area contributed by atoms with Crippen molar-refractivity contribution in [3.63, 3.8) is 0 Å². The number of aliphatic hydroxyl groups is 2. The second-order valence-corrected chi connectivity index (χ2v) is 9.51. The van der Waals surface area contributed by atoms with E-state index in [9.17, 15) is 15.0 Å². The van der Waals surface area contributed by atoms with Gasteiger partial charge in [-0.1, -0.05) is 41.5 Å². The van der Waals surface area contributed by atoms with E-state index in [1.54, 1.807) is 0 Å². The summed E-state index contributed by atoms with van der Waals surface area (Å²) in [6.07, 6.45) is 4.70. The molecule has 6 rings (SSSR count). The first-order valence-electron chi connectivity index (χ1n) is 10.8. The molecule has 0 aliphatic heterocycles. The van der Waals surface area contributed by atoms with Crippen molar-refractivity contribution in [2.24, 2.45) is 29.6 Å². The van der Waals surface area contributed by atoms with Crippen LogP contribution in [0.3, 0.4) is 0 Å². The highest BCUT2D eigenvalue weighted by molar-refractivity contribution is 5.66. The highest BCUT2D eigenvalue weighted by atomic mass is 16.5. The molecule has 150 valence electrons. The van der Waals surface area contributed by atoms with Crippen molar-refractivity contribution < 1.29 is 19.7 Å².